The van der Waals surface area contributed by atoms with Crippen LogP contribution in [0.1, 0.15) is 47.5 Å². The van der Waals surface area contributed by atoms with Crippen molar-refractivity contribution in [2.75, 3.05) is 13.7 Å². The molecule has 1 aliphatic carbocycles. The van der Waals surface area contributed by atoms with Crippen LogP contribution in [0.3, 0.4) is 0 Å². The van der Waals surface area contributed by atoms with Crippen LogP contribution in [-0.4, -0.2) is 34.4 Å². The number of para-hydroxylation sites is 1. The van der Waals surface area contributed by atoms with E-state index in [4.69, 9.17) is 19.5 Å². The fourth-order valence-electron chi connectivity index (χ4n) is 4.69. The first-order valence-corrected chi connectivity index (χ1v) is 12.2. The molecule has 0 bridgehead atoms. The second-order valence-corrected chi connectivity index (χ2v) is 8.96. The fraction of sp³-hybridized carbons (Fsp3) is 0.310. The Morgan fingerprint density at radius 2 is 1.80 bits per heavy atom. The molecule has 0 spiro atoms. The number of rotatable bonds is 7. The summed E-state index contributed by atoms with van der Waals surface area (Å²) in [5.74, 6) is 0.786. The summed E-state index contributed by atoms with van der Waals surface area (Å²) >= 11 is 0. The van der Waals surface area contributed by atoms with Crippen molar-refractivity contribution in [1.29, 1.82) is 0 Å². The number of pyridine rings is 3. The van der Waals surface area contributed by atoms with E-state index >= 15 is 0 Å². The molecule has 0 aliphatic heterocycles. The van der Waals surface area contributed by atoms with E-state index in [2.05, 4.69) is 35.3 Å². The maximum Gasteiger partial charge on any atom is 0.122 e. The second-order valence-electron chi connectivity index (χ2n) is 8.96. The van der Waals surface area contributed by atoms with E-state index in [-0.39, 0.29) is 0 Å². The third-order valence-electron chi connectivity index (χ3n) is 6.47. The van der Waals surface area contributed by atoms with Gasteiger partial charge >= 0.3 is 0 Å². The molecule has 0 radical (unpaired) electrons. The van der Waals surface area contributed by atoms with Gasteiger partial charge in [0, 0.05) is 28.9 Å². The lowest BCUT2D eigenvalue weighted by Gasteiger charge is -2.20. The Labute approximate surface area is 206 Å². The van der Waals surface area contributed by atoms with Gasteiger partial charge in [0.15, 0.2) is 0 Å². The van der Waals surface area contributed by atoms with Gasteiger partial charge in [-0.25, -0.2) is 4.98 Å². The summed E-state index contributed by atoms with van der Waals surface area (Å²) in [5, 5.41) is 5.73. The fourth-order valence-corrected chi connectivity index (χ4v) is 4.69. The van der Waals surface area contributed by atoms with Crippen LogP contribution in [0.15, 0.2) is 59.8 Å². The minimum absolute atomic E-state index is 0.536. The van der Waals surface area contributed by atoms with Crippen LogP contribution >= 0.6 is 0 Å². The van der Waals surface area contributed by atoms with Crippen LogP contribution in [0.25, 0.3) is 22.3 Å². The van der Waals surface area contributed by atoms with Crippen LogP contribution in [0.5, 0.6) is 5.75 Å². The van der Waals surface area contributed by atoms with E-state index in [0.29, 0.717) is 6.61 Å². The maximum absolute atomic E-state index is 5.76. The van der Waals surface area contributed by atoms with Crippen molar-refractivity contribution in [2.45, 2.75) is 46.0 Å². The zero-order chi connectivity index (χ0) is 24.2. The van der Waals surface area contributed by atoms with E-state index < -0.39 is 0 Å². The molecule has 6 nitrogen and oxygen atoms in total. The molecule has 35 heavy (non-hydrogen) atoms. The Morgan fingerprint density at radius 3 is 2.69 bits per heavy atom. The Balaban J connectivity index is 1.24. The molecule has 3 heterocycles. The molecule has 0 saturated carbocycles. The van der Waals surface area contributed by atoms with Crippen LogP contribution in [0.2, 0.25) is 0 Å². The molecular formula is C29H30N4O2. The molecule has 0 unspecified atom stereocenters. The molecule has 1 aromatic carbocycles. The summed E-state index contributed by atoms with van der Waals surface area (Å²) in [5.41, 5.74) is 9.17. The lowest BCUT2D eigenvalue weighted by Crippen LogP contribution is -2.16. The standard InChI is InChI=1S/C29H30N4O2/c1-19-17-22(34-3)18-28(30-19)26-14-6-9-21(31-26)10-8-16-35-33-27-15-7-12-24-20(2)23-11-4-5-13-25(23)32-29(24)27/h4-6,9,11,13-14,17-18H,7-8,10,12,15-16H2,1-3H3/b33-27+. The Kier molecular flexibility index (Phi) is 6.70. The molecule has 3 aromatic heterocycles. The van der Waals surface area contributed by atoms with Gasteiger partial charge in [0.1, 0.15) is 18.1 Å². The quantitative estimate of drug-likeness (QED) is 0.247. The van der Waals surface area contributed by atoms with Gasteiger partial charge in [0.2, 0.25) is 0 Å². The molecule has 0 amide bonds. The topological polar surface area (TPSA) is 69.5 Å². The molecule has 0 N–H and O–H groups in total. The average Bonchev–Trinajstić information content (AvgIpc) is 2.89. The van der Waals surface area contributed by atoms with E-state index in [1.807, 2.05) is 43.3 Å². The maximum atomic E-state index is 5.76. The molecule has 4 aromatic rings. The van der Waals surface area contributed by atoms with Crippen molar-refractivity contribution >= 4 is 16.6 Å². The Bertz CT molecular complexity index is 1400. The number of methoxy groups -OCH3 is 1. The van der Waals surface area contributed by atoms with Gasteiger partial charge in [-0.3, -0.25) is 9.97 Å². The average molecular weight is 467 g/mol. The van der Waals surface area contributed by atoms with Gasteiger partial charge in [0.25, 0.3) is 0 Å². The molecule has 1 aliphatic rings. The molecule has 6 heteroatoms. The van der Waals surface area contributed by atoms with Crippen molar-refractivity contribution in [1.82, 2.24) is 15.0 Å². The highest BCUT2D eigenvalue weighted by molar-refractivity contribution is 6.03. The summed E-state index contributed by atoms with van der Waals surface area (Å²) in [7, 11) is 1.66. The van der Waals surface area contributed by atoms with Gasteiger partial charge < -0.3 is 9.57 Å². The van der Waals surface area contributed by atoms with Crippen LogP contribution in [-0.2, 0) is 17.7 Å². The SMILES string of the molecule is COc1cc(C)nc(-c2cccc(CCCO/N=C3\CCCc4c3nc3ccccc3c4C)n2)c1. The van der Waals surface area contributed by atoms with Crippen LogP contribution in [0.4, 0.5) is 0 Å². The molecule has 178 valence electrons. The number of fused-ring (bicyclic) bond motifs is 2. The number of oxime groups is 1. The van der Waals surface area contributed by atoms with Crippen LogP contribution in [0, 0.1) is 13.8 Å². The summed E-state index contributed by atoms with van der Waals surface area (Å²) < 4.78 is 5.38. The van der Waals surface area contributed by atoms with E-state index in [1.54, 1.807) is 7.11 Å². The van der Waals surface area contributed by atoms with Gasteiger partial charge in [-0.1, -0.05) is 29.4 Å². The van der Waals surface area contributed by atoms with Crippen molar-refractivity contribution in [3.05, 3.63) is 82.8 Å². The predicted octanol–water partition coefficient (Wildman–Crippen LogP) is 6.01. The summed E-state index contributed by atoms with van der Waals surface area (Å²) in [6.45, 7) is 4.68. The zero-order valence-electron chi connectivity index (χ0n) is 20.5. The largest absolute Gasteiger partial charge is 0.497 e. The van der Waals surface area contributed by atoms with Gasteiger partial charge in [-0.15, -0.1) is 0 Å². The zero-order valence-corrected chi connectivity index (χ0v) is 20.5. The summed E-state index contributed by atoms with van der Waals surface area (Å²) in [6, 6.07) is 18.2. The highest BCUT2D eigenvalue weighted by Gasteiger charge is 2.21. The van der Waals surface area contributed by atoms with Crippen molar-refractivity contribution in [2.24, 2.45) is 5.16 Å². The monoisotopic (exact) mass is 466 g/mol. The third kappa shape index (κ3) is 5.02. The number of benzene rings is 1. The second kappa shape index (κ2) is 10.2. The first-order valence-electron chi connectivity index (χ1n) is 12.2. The number of hydrogen-bond acceptors (Lipinski definition) is 6. The summed E-state index contributed by atoms with van der Waals surface area (Å²) in [6.07, 6.45) is 4.65. The lowest BCUT2D eigenvalue weighted by molar-refractivity contribution is 0.141. The number of aryl methyl sites for hydroxylation is 3. The van der Waals surface area contributed by atoms with Crippen LogP contribution < -0.4 is 4.74 Å². The molecular weight excluding hydrogens is 436 g/mol. The number of nitrogens with zero attached hydrogens (tertiary/aromatic N) is 4. The normalized spacial score (nSPS) is 14.2. The number of aromatic nitrogens is 3. The van der Waals surface area contributed by atoms with E-state index in [0.717, 1.165) is 77.6 Å². The van der Waals surface area contributed by atoms with E-state index in [9.17, 15) is 0 Å². The van der Waals surface area contributed by atoms with E-state index in [1.165, 1.54) is 16.5 Å². The van der Waals surface area contributed by atoms with Crippen molar-refractivity contribution < 1.29 is 9.57 Å². The first kappa shape index (κ1) is 23.0. The molecule has 0 fully saturated rings. The van der Waals surface area contributed by atoms with Gasteiger partial charge in [-0.2, -0.15) is 0 Å². The molecule has 5 rings (SSSR count). The number of ether oxygens (including phenoxy) is 1. The minimum Gasteiger partial charge on any atom is -0.497 e. The summed E-state index contributed by atoms with van der Waals surface area (Å²) in [4.78, 5) is 20.1. The Hall–Kier alpha value is -3.80. The molecule has 0 saturated heterocycles. The lowest BCUT2D eigenvalue weighted by atomic mass is 9.89. The third-order valence-corrected chi connectivity index (χ3v) is 6.47. The molecule has 0 atom stereocenters. The highest BCUT2D eigenvalue weighted by Crippen LogP contribution is 2.29. The van der Waals surface area contributed by atoms with Crippen molar-refractivity contribution in [3.63, 3.8) is 0 Å². The Morgan fingerprint density at radius 1 is 0.914 bits per heavy atom. The van der Waals surface area contributed by atoms with Gasteiger partial charge in [0.05, 0.1) is 29.7 Å². The number of hydrogen-bond donors (Lipinski definition) is 0. The van der Waals surface area contributed by atoms with Gasteiger partial charge in [-0.05, 0) is 75.3 Å². The predicted molar refractivity (Wildman–Crippen MR) is 139 cm³/mol. The highest BCUT2D eigenvalue weighted by atomic mass is 16.6. The first-order chi connectivity index (χ1) is 17.1. The van der Waals surface area contributed by atoms with Crippen molar-refractivity contribution in [3.8, 4) is 17.1 Å². The minimum atomic E-state index is 0.536. The smallest absolute Gasteiger partial charge is 0.122 e.